The molecule has 2 saturated heterocycles. The Labute approximate surface area is 348 Å². The van der Waals surface area contributed by atoms with Crippen molar-refractivity contribution in [3.05, 3.63) is 106 Å². The van der Waals surface area contributed by atoms with Crippen molar-refractivity contribution in [1.82, 2.24) is 40.4 Å². The van der Waals surface area contributed by atoms with Crippen LogP contribution in [0.2, 0.25) is 0 Å². The van der Waals surface area contributed by atoms with E-state index in [1.165, 1.54) is 26.5 Å². The zero-order valence-electron chi connectivity index (χ0n) is 34.0. The Bertz CT molecular complexity index is 2690. The fourth-order valence-corrected chi connectivity index (χ4v) is 8.33. The summed E-state index contributed by atoms with van der Waals surface area (Å²) in [5, 5.41) is 5.59. The molecule has 316 valence electrons. The predicted molar refractivity (Wildman–Crippen MR) is 221 cm³/mol. The van der Waals surface area contributed by atoms with E-state index in [1.54, 1.807) is 58.5 Å². The number of imidazole rings is 2. The molecule has 3 aromatic carbocycles. The highest BCUT2D eigenvalue weighted by Gasteiger charge is 2.39. The Morgan fingerprint density at radius 3 is 2.05 bits per heavy atom. The lowest BCUT2D eigenvalue weighted by molar-refractivity contribution is -0.135. The molecule has 0 aliphatic carbocycles. The minimum atomic E-state index is -0.960. The third-order valence-electron chi connectivity index (χ3n) is 11.5. The summed E-state index contributed by atoms with van der Waals surface area (Å²) in [5.74, 6) is -0.414. The Hall–Kier alpha value is -7.04. The second-order valence-electron chi connectivity index (χ2n) is 15.6. The van der Waals surface area contributed by atoms with Crippen LogP contribution in [-0.2, 0) is 19.1 Å². The molecule has 0 bridgehead atoms. The van der Waals surface area contributed by atoms with E-state index in [1.807, 2.05) is 19.9 Å². The molecule has 0 saturated carbocycles. The predicted octanol–water partition coefficient (Wildman–Crippen LogP) is 6.67. The average molecular weight is 833 g/mol. The van der Waals surface area contributed by atoms with E-state index < -0.39 is 47.6 Å². The number of carbonyl (C=O) groups excluding carboxylic acids is 4. The van der Waals surface area contributed by atoms with Gasteiger partial charge in [-0.2, -0.15) is 0 Å². The van der Waals surface area contributed by atoms with Crippen molar-refractivity contribution >= 4 is 45.9 Å². The van der Waals surface area contributed by atoms with Gasteiger partial charge in [0, 0.05) is 24.2 Å². The fourth-order valence-electron chi connectivity index (χ4n) is 8.33. The number of hydrogen-bond acceptors (Lipinski definition) is 10. The van der Waals surface area contributed by atoms with Gasteiger partial charge in [0.05, 0.1) is 60.9 Å². The maximum atomic E-state index is 15.9. The Balaban J connectivity index is 1.03. The molecule has 0 spiro atoms. The molecular weight excluding hydrogens is 788 g/mol. The molecular formula is C44H45FN8O8. The molecule has 8 rings (SSSR count). The van der Waals surface area contributed by atoms with E-state index in [9.17, 15) is 24.0 Å². The molecule has 6 aromatic rings. The van der Waals surface area contributed by atoms with E-state index in [2.05, 4.69) is 30.6 Å². The number of H-pyrrole nitrogens is 2. The van der Waals surface area contributed by atoms with Crippen LogP contribution in [0, 0.1) is 11.7 Å². The molecule has 0 radical (unpaired) electrons. The zero-order valence-corrected chi connectivity index (χ0v) is 34.0. The highest BCUT2D eigenvalue weighted by atomic mass is 19.1. The lowest BCUT2D eigenvalue weighted by Crippen LogP contribution is -2.51. The van der Waals surface area contributed by atoms with Gasteiger partial charge < -0.3 is 44.3 Å². The van der Waals surface area contributed by atoms with E-state index in [0.717, 1.165) is 12.5 Å². The van der Waals surface area contributed by atoms with Crippen molar-refractivity contribution in [2.24, 2.45) is 5.92 Å². The topological polar surface area (TPSA) is 205 Å². The largest absolute Gasteiger partial charge is 0.456 e. The van der Waals surface area contributed by atoms with E-state index in [4.69, 9.17) is 13.9 Å². The van der Waals surface area contributed by atoms with Crippen molar-refractivity contribution in [2.45, 2.75) is 63.7 Å². The zero-order chi connectivity index (χ0) is 42.9. The van der Waals surface area contributed by atoms with Crippen LogP contribution >= 0.6 is 0 Å². The fraction of sp³-hybridized carbons (Fsp3) is 0.341. The summed E-state index contributed by atoms with van der Waals surface area (Å²) in [4.78, 5) is 84.7. The lowest BCUT2D eigenvalue weighted by atomic mass is 10.0. The molecule has 4 atom stereocenters. The number of rotatable bonds is 10. The molecule has 2 aliphatic heterocycles. The Morgan fingerprint density at radius 2 is 1.39 bits per heavy atom. The van der Waals surface area contributed by atoms with Crippen LogP contribution in [0.25, 0.3) is 44.5 Å². The first-order valence-corrected chi connectivity index (χ1v) is 20.1. The normalized spacial score (nSPS) is 17.5. The summed E-state index contributed by atoms with van der Waals surface area (Å²) in [6.45, 7) is 4.60. The molecule has 3 aromatic heterocycles. The van der Waals surface area contributed by atoms with Crippen molar-refractivity contribution in [1.29, 1.82) is 0 Å². The highest BCUT2D eigenvalue weighted by Crippen LogP contribution is 2.36. The third kappa shape index (κ3) is 7.90. The number of ether oxygens (including phenoxy) is 2. The summed E-state index contributed by atoms with van der Waals surface area (Å²) in [7, 11) is 2.48. The number of methoxy groups -OCH3 is 2. The highest BCUT2D eigenvalue weighted by molar-refractivity contribution is 5.93. The number of hydrogen-bond donors (Lipinski definition) is 4. The molecule has 5 heterocycles. The summed E-state index contributed by atoms with van der Waals surface area (Å²) < 4.78 is 31.7. The van der Waals surface area contributed by atoms with E-state index in [0.29, 0.717) is 72.1 Å². The van der Waals surface area contributed by atoms with Crippen LogP contribution in [-0.4, -0.2) is 87.1 Å². The number of likely N-dealkylation sites (tertiary alicyclic amines) is 2. The monoisotopic (exact) mass is 832 g/mol. The second-order valence-corrected chi connectivity index (χ2v) is 15.6. The first-order chi connectivity index (χ1) is 29.4. The number of benzene rings is 3. The van der Waals surface area contributed by atoms with Crippen LogP contribution < -0.4 is 16.1 Å². The van der Waals surface area contributed by atoms with Crippen molar-refractivity contribution < 1.29 is 37.5 Å². The molecule has 16 nitrogen and oxygen atoms in total. The van der Waals surface area contributed by atoms with Crippen LogP contribution in [0.15, 0.2) is 82.3 Å². The number of nitrogens with one attached hydrogen (secondary N) is 4. The molecule has 61 heavy (non-hydrogen) atoms. The van der Waals surface area contributed by atoms with Crippen LogP contribution in [0.3, 0.4) is 0 Å². The van der Waals surface area contributed by atoms with Gasteiger partial charge in [-0.1, -0.05) is 44.2 Å². The van der Waals surface area contributed by atoms with Gasteiger partial charge in [-0.15, -0.1) is 0 Å². The van der Waals surface area contributed by atoms with Crippen LogP contribution in [0.4, 0.5) is 14.0 Å². The number of fused-ring (bicyclic) bond motifs is 2. The van der Waals surface area contributed by atoms with Crippen molar-refractivity contribution in [3.63, 3.8) is 0 Å². The molecule has 4 N–H and O–H groups in total. The number of alkyl carbamates (subject to hydrolysis) is 2. The van der Waals surface area contributed by atoms with Gasteiger partial charge in [-0.3, -0.25) is 14.4 Å². The van der Waals surface area contributed by atoms with E-state index in [-0.39, 0.29) is 39.7 Å². The summed E-state index contributed by atoms with van der Waals surface area (Å²) in [6.07, 6.45) is 4.41. The van der Waals surface area contributed by atoms with Crippen LogP contribution in [0.1, 0.15) is 74.9 Å². The summed E-state index contributed by atoms with van der Waals surface area (Å²) >= 11 is 0. The van der Waals surface area contributed by atoms with Crippen molar-refractivity contribution in [2.75, 3.05) is 27.3 Å². The second kappa shape index (κ2) is 16.9. The van der Waals surface area contributed by atoms with Gasteiger partial charge in [-0.05, 0) is 67.5 Å². The summed E-state index contributed by atoms with van der Waals surface area (Å²) in [5.41, 5.74) is 2.36. The maximum absolute atomic E-state index is 15.9. The van der Waals surface area contributed by atoms with Gasteiger partial charge in [-0.25, -0.2) is 23.9 Å². The van der Waals surface area contributed by atoms with Gasteiger partial charge in [0.25, 0.3) is 5.91 Å². The van der Waals surface area contributed by atoms with Crippen LogP contribution in [0.5, 0.6) is 0 Å². The van der Waals surface area contributed by atoms with Crippen molar-refractivity contribution in [3.8, 4) is 22.5 Å². The molecule has 4 amide bonds. The lowest BCUT2D eigenvalue weighted by Gasteiger charge is -2.30. The quantitative estimate of drug-likeness (QED) is 0.108. The SMILES string of the molecule is COC(=O)N[C@H](C(=O)N1CCC[C@H]1c1ncc(-c2cc3oc4ccc(-c5cnc([C@@H]6CCCN6C(=O)[C@H](NC(=O)OC)c6ccccc6)[nH]5)cc4c(=O)c3cc2F)[nH]1)C(C)C. The van der Waals surface area contributed by atoms with E-state index >= 15 is 4.39 Å². The molecule has 0 unspecified atom stereocenters. The summed E-state index contributed by atoms with van der Waals surface area (Å²) in [6, 6.07) is 14.1. The van der Waals surface area contributed by atoms with Gasteiger partial charge in [0.2, 0.25) is 11.3 Å². The number of carbonyl (C=O) groups is 4. The molecule has 2 aliphatic rings. The maximum Gasteiger partial charge on any atom is 0.407 e. The van der Waals surface area contributed by atoms with Gasteiger partial charge in [0.15, 0.2) is 0 Å². The number of aromatic nitrogens is 4. The standard InChI is InChI=1S/C44H45FN8O8/c1-23(2)36(50-43(57)59-3)41(55)52-16-8-13-33(52)40-47-22-31(49-40)26-20-35-28(19-29(26)45)38(54)27-18-25(14-15-34(27)61-35)30-21-46-39(48-30)32-12-9-17-53(32)42(56)37(51-44(58)60-4)24-10-6-5-7-11-24/h5-7,10-11,14-15,18-23,32-33,36-37H,8-9,12-13,16-17H2,1-4H3,(H,46,48)(H,47,49)(H,50,57)(H,51,58)/t32-,33-,36-,37+/m0/s1. The molecule has 17 heteroatoms. The third-order valence-corrected chi connectivity index (χ3v) is 11.5. The molecule has 2 fully saturated rings. The average Bonchev–Trinajstić information content (AvgIpc) is 4.12. The minimum absolute atomic E-state index is 0.0509. The van der Waals surface area contributed by atoms with Gasteiger partial charge >= 0.3 is 12.2 Å². The number of nitrogens with zero attached hydrogens (tertiary/aromatic N) is 4. The first kappa shape index (κ1) is 40.7. The Morgan fingerprint density at radius 1 is 0.787 bits per heavy atom. The minimum Gasteiger partial charge on any atom is -0.456 e. The Kier molecular flexibility index (Phi) is 11.3. The number of aromatic amines is 2. The first-order valence-electron chi connectivity index (χ1n) is 20.1. The number of halogens is 1. The number of amides is 4. The smallest absolute Gasteiger partial charge is 0.407 e. The van der Waals surface area contributed by atoms with Gasteiger partial charge in [0.1, 0.15) is 40.7 Å².